The molecule has 0 aromatic carbocycles. The molecule has 0 radical (unpaired) electrons. The van der Waals surface area contributed by atoms with Crippen molar-refractivity contribution < 1.29 is 9.53 Å². The van der Waals surface area contributed by atoms with Crippen molar-refractivity contribution >= 4 is 18.5 Å². The fourth-order valence-corrected chi connectivity index (χ4v) is 3.52. The largest absolute Gasteiger partial charge is 0.444 e. The summed E-state index contributed by atoms with van der Waals surface area (Å²) in [6, 6.07) is 0.233. The summed E-state index contributed by atoms with van der Waals surface area (Å²) in [7, 11) is 0. The summed E-state index contributed by atoms with van der Waals surface area (Å²) < 4.78 is 5.59. The van der Waals surface area contributed by atoms with Crippen LogP contribution in [-0.2, 0) is 4.74 Å². The molecule has 0 bridgehead atoms. The summed E-state index contributed by atoms with van der Waals surface area (Å²) >= 11 is 0. The molecule has 118 valence electrons. The van der Waals surface area contributed by atoms with Crippen molar-refractivity contribution in [3.8, 4) is 0 Å². The Morgan fingerprint density at radius 2 is 1.85 bits per heavy atom. The first-order valence-corrected chi connectivity index (χ1v) is 7.59. The third-order valence-electron chi connectivity index (χ3n) is 4.34. The fourth-order valence-electron chi connectivity index (χ4n) is 3.52. The monoisotopic (exact) mass is 304 g/mol. The van der Waals surface area contributed by atoms with Gasteiger partial charge in [0, 0.05) is 18.1 Å². The quantitative estimate of drug-likeness (QED) is 0.745. The lowest BCUT2D eigenvalue weighted by Gasteiger charge is -2.51. The Morgan fingerprint density at radius 1 is 1.25 bits per heavy atom. The van der Waals surface area contributed by atoms with Crippen LogP contribution in [0, 0.1) is 0 Å². The fraction of sp³-hybridized carbons (Fsp3) is 0.933. The van der Waals surface area contributed by atoms with Gasteiger partial charge in [0.1, 0.15) is 5.60 Å². The molecule has 2 aliphatic rings. The van der Waals surface area contributed by atoms with Gasteiger partial charge < -0.3 is 15.4 Å². The molecule has 1 saturated carbocycles. The number of likely N-dealkylation sites (tertiary alicyclic amines) is 1. The predicted octanol–water partition coefficient (Wildman–Crippen LogP) is 3.47. The molecule has 1 aliphatic carbocycles. The van der Waals surface area contributed by atoms with Crippen LogP contribution in [0.5, 0.6) is 0 Å². The SMILES string of the molecule is CC(C)(C)OC(=O)N1CCC(N)CC12CCCCC2.Cl. The number of carbonyl (C=O) groups excluding carboxylic acids is 1. The second-order valence-corrected chi connectivity index (χ2v) is 7.17. The van der Waals surface area contributed by atoms with E-state index in [4.69, 9.17) is 10.5 Å². The second kappa shape index (κ2) is 6.52. The van der Waals surface area contributed by atoms with Crippen LogP contribution >= 0.6 is 12.4 Å². The van der Waals surface area contributed by atoms with Gasteiger partial charge in [-0.15, -0.1) is 12.4 Å². The highest BCUT2D eigenvalue weighted by molar-refractivity contribution is 5.85. The molecule has 0 aromatic heterocycles. The third kappa shape index (κ3) is 4.01. The van der Waals surface area contributed by atoms with Gasteiger partial charge >= 0.3 is 6.09 Å². The maximum atomic E-state index is 12.5. The molecule has 20 heavy (non-hydrogen) atoms. The van der Waals surface area contributed by atoms with Crippen molar-refractivity contribution in [3.63, 3.8) is 0 Å². The van der Waals surface area contributed by atoms with Gasteiger partial charge in [-0.25, -0.2) is 4.79 Å². The molecule has 2 N–H and O–H groups in total. The summed E-state index contributed by atoms with van der Waals surface area (Å²) in [5.74, 6) is 0. The van der Waals surface area contributed by atoms with E-state index in [1.54, 1.807) is 0 Å². The van der Waals surface area contributed by atoms with Crippen LogP contribution in [0.4, 0.5) is 4.79 Å². The average molecular weight is 305 g/mol. The number of rotatable bonds is 0. The van der Waals surface area contributed by atoms with Crippen molar-refractivity contribution in [2.45, 2.75) is 82.9 Å². The standard InChI is InChI=1S/C15H28N2O2.ClH/c1-14(2,3)19-13(18)17-10-7-12(16)11-15(17)8-5-4-6-9-15;/h12H,4-11,16H2,1-3H3;1H. The molecule has 2 rings (SSSR count). The molecule has 1 unspecified atom stereocenters. The van der Waals surface area contributed by atoms with Crippen molar-refractivity contribution in [1.82, 2.24) is 4.90 Å². The zero-order valence-corrected chi connectivity index (χ0v) is 13.8. The first-order chi connectivity index (χ1) is 8.82. The van der Waals surface area contributed by atoms with E-state index >= 15 is 0 Å². The van der Waals surface area contributed by atoms with E-state index in [0.29, 0.717) is 0 Å². The van der Waals surface area contributed by atoms with Gasteiger partial charge in [0.2, 0.25) is 0 Å². The highest BCUT2D eigenvalue weighted by Gasteiger charge is 2.45. The van der Waals surface area contributed by atoms with E-state index in [0.717, 1.165) is 32.2 Å². The van der Waals surface area contributed by atoms with Gasteiger partial charge in [-0.2, -0.15) is 0 Å². The molecule has 1 spiro atoms. The van der Waals surface area contributed by atoms with E-state index in [-0.39, 0.29) is 30.1 Å². The number of halogens is 1. The molecule has 4 nitrogen and oxygen atoms in total. The lowest BCUT2D eigenvalue weighted by molar-refractivity contribution is -0.0304. The molecule has 1 saturated heterocycles. The molecule has 5 heteroatoms. The van der Waals surface area contributed by atoms with Gasteiger partial charge in [0.25, 0.3) is 0 Å². The number of piperidine rings is 1. The van der Waals surface area contributed by atoms with Crippen LogP contribution in [0.3, 0.4) is 0 Å². The molecule has 0 aromatic rings. The van der Waals surface area contributed by atoms with E-state index < -0.39 is 5.60 Å². The van der Waals surface area contributed by atoms with Crippen molar-refractivity contribution in [2.75, 3.05) is 6.54 Å². The number of ether oxygens (including phenoxy) is 1. The van der Waals surface area contributed by atoms with Crippen LogP contribution in [0.2, 0.25) is 0 Å². The Hall–Kier alpha value is -0.480. The number of amides is 1. The van der Waals surface area contributed by atoms with E-state index in [1.165, 1.54) is 19.3 Å². The summed E-state index contributed by atoms with van der Waals surface area (Å²) in [5, 5.41) is 0. The zero-order chi connectivity index (χ0) is 14.1. The summed E-state index contributed by atoms with van der Waals surface area (Å²) in [6.07, 6.45) is 7.52. The Morgan fingerprint density at radius 3 is 2.40 bits per heavy atom. The molecule has 1 atom stereocenters. The molecule has 1 amide bonds. The Balaban J connectivity index is 0.00000200. The number of hydrogen-bond acceptors (Lipinski definition) is 3. The highest BCUT2D eigenvalue weighted by Crippen LogP contribution is 2.40. The Bertz CT molecular complexity index is 335. The van der Waals surface area contributed by atoms with Crippen LogP contribution in [-0.4, -0.2) is 34.7 Å². The predicted molar refractivity (Wildman–Crippen MR) is 83.2 cm³/mol. The van der Waals surface area contributed by atoms with Gasteiger partial charge in [0.15, 0.2) is 0 Å². The van der Waals surface area contributed by atoms with Crippen LogP contribution < -0.4 is 5.73 Å². The van der Waals surface area contributed by atoms with Gasteiger partial charge in [-0.05, 0) is 46.5 Å². The molecule has 2 fully saturated rings. The van der Waals surface area contributed by atoms with Crippen LogP contribution in [0.15, 0.2) is 0 Å². The highest BCUT2D eigenvalue weighted by atomic mass is 35.5. The average Bonchev–Trinajstić information content (AvgIpc) is 2.27. The Labute approximate surface area is 128 Å². The summed E-state index contributed by atoms with van der Waals surface area (Å²) in [5.41, 5.74) is 5.70. The second-order valence-electron chi connectivity index (χ2n) is 7.17. The maximum absolute atomic E-state index is 12.5. The number of carbonyl (C=O) groups is 1. The lowest BCUT2D eigenvalue weighted by Crippen LogP contribution is -2.60. The molecular weight excluding hydrogens is 276 g/mol. The number of hydrogen-bond donors (Lipinski definition) is 1. The molecule has 1 heterocycles. The first kappa shape index (κ1) is 17.6. The van der Waals surface area contributed by atoms with Crippen molar-refractivity contribution in [1.29, 1.82) is 0 Å². The minimum Gasteiger partial charge on any atom is -0.444 e. The number of nitrogens with two attached hydrogens (primary N) is 1. The molecule has 1 aliphatic heterocycles. The topological polar surface area (TPSA) is 55.6 Å². The summed E-state index contributed by atoms with van der Waals surface area (Å²) in [6.45, 7) is 6.52. The van der Waals surface area contributed by atoms with Crippen LogP contribution in [0.25, 0.3) is 0 Å². The van der Waals surface area contributed by atoms with E-state index in [1.807, 2.05) is 25.7 Å². The van der Waals surface area contributed by atoms with Crippen molar-refractivity contribution in [3.05, 3.63) is 0 Å². The minimum atomic E-state index is -0.424. The van der Waals surface area contributed by atoms with E-state index in [9.17, 15) is 4.79 Å². The normalized spacial score (nSPS) is 26.0. The smallest absolute Gasteiger partial charge is 0.410 e. The summed E-state index contributed by atoms with van der Waals surface area (Å²) in [4.78, 5) is 14.4. The third-order valence-corrected chi connectivity index (χ3v) is 4.34. The van der Waals surface area contributed by atoms with Crippen LogP contribution in [0.1, 0.15) is 65.7 Å². The number of nitrogens with zero attached hydrogens (tertiary/aromatic N) is 1. The van der Waals surface area contributed by atoms with E-state index in [2.05, 4.69) is 0 Å². The first-order valence-electron chi connectivity index (χ1n) is 7.59. The van der Waals surface area contributed by atoms with Gasteiger partial charge in [-0.3, -0.25) is 0 Å². The van der Waals surface area contributed by atoms with Gasteiger partial charge in [-0.1, -0.05) is 19.3 Å². The van der Waals surface area contributed by atoms with Gasteiger partial charge in [0.05, 0.1) is 0 Å². The zero-order valence-electron chi connectivity index (χ0n) is 13.0. The van der Waals surface area contributed by atoms with Crippen molar-refractivity contribution in [2.24, 2.45) is 5.73 Å². The maximum Gasteiger partial charge on any atom is 0.410 e. The lowest BCUT2D eigenvalue weighted by atomic mass is 9.73. The Kier molecular flexibility index (Phi) is 5.73. The minimum absolute atomic E-state index is 0. The molecular formula is C15H29ClN2O2.